The van der Waals surface area contributed by atoms with Crippen molar-refractivity contribution < 1.29 is 9.84 Å². The van der Waals surface area contributed by atoms with Gasteiger partial charge in [0.05, 0.1) is 12.7 Å². The highest BCUT2D eigenvalue weighted by molar-refractivity contribution is 5.29. The summed E-state index contributed by atoms with van der Waals surface area (Å²) < 4.78 is 5.33. The molecular formula is C11H17NO2. The van der Waals surface area contributed by atoms with E-state index in [2.05, 4.69) is 0 Å². The predicted molar refractivity (Wildman–Crippen MR) is 56.2 cm³/mol. The Morgan fingerprint density at radius 1 is 1.50 bits per heavy atom. The maximum atomic E-state index is 9.68. The quantitative estimate of drug-likeness (QED) is 0.748. The molecule has 0 fully saturated rings. The monoisotopic (exact) mass is 195 g/mol. The van der Waals surface area contributed by atoms with Gasteiger partial charge in [0.1, 0.15) is 5.75 Å². The summed E-state index contributed by atoms with van der Waals surface area (Å²) in [6, 6.07) is 7.48. The van der Waals surface area contributed by atoms with Gasteiger partial charge in [-0.15, -0.1) is 0 Å². The van der Waals surface area contributed by atoms with Gasteiger partial charge >= 0.3 is 0 Å². The second kappa shape index (κ2) is 5.62. The predicted octanol–water partition coefficient (Wildman–Crippen LogP) is 1.47. The summed E-state index contributed by atoms with van der Waals surface area (Å²) in [5, 5.41) is 9.68. The molecule has 1 aromatic rings. The van der Waals surface area contributed by atoms with Gasteiger partial charge in [-0.05, 0) is 37.6 Å². The fraction of sp³-hybridized carbons (Fsp3) is 0.455. The summed E-state index contributed by atoms with van der Waals surface area (Å²) >= 11 is 0. The summed E-state index contributed by atoms with van der Waals surface area (Å²) in [7, 11) is 0. The van der Waals surface area contributed by atoms with Gasteiger partial charge in [-0.1, -0.05) is 12.1 Å². The minimum Gasteiger partial charge on any atom is -0.494 e. The molecule has 1 unspecified atom stereocenters. The molecule has 0 saturated heterocycles. The van der Waals surface area contributed by atoms with Crippen LogP contribution in [-0.2, 0) is 0 Å². The first-order chi connectivity index (χ1) is 6.77. The van der Waals surface area contributed by atoms with Crippen LogP contribution in [0.4, 0.5) is 0 Å². The highest BCUT2D eigenvalue weighted by Crippen LogP contribution is 2.20. The van der Waals surface area contributed by atoms with Crippen LogP contribution in [0.3, 0.4) is 0 Å². The molecule has 0 spiro atoms. The second-order valence-corrected chi connectivity index (χ2v) is 3.10. The molecule has 0 aliphatic rings. The van der Waals surface area contributed by atoms with Crippen molar-refractivity contribution in [3.63, 3.8) is 0 Å². The molecule has 3 N–H and O–H groups in total. The van der Waals surface area contributed by atoms with Crippen LogP contribution in [0.5, 0.6) is 5.75 Å². The van der Waals surface area contributed by atoms with E-state index in [4.69, 9.17) is 10.5 Å². The smallest absolute Gasteiger partial charge is 0.119 e. The molecule has 0 aromatic heterocycles. The van der Waals surface area contributed by atoms with E-state index in [1.807, 2.05) is 31.2 Å². The minimum absolute atomic E-state index is 0.486. The van der Waals surface area contributed by atoms with Gasteiger partial charge in [-0.2, -0.15) is 0 Å². The molecule has 0 heterocycles. The molecule has 3 heteroatoms. The van der Waals surface area contributed by atoms with Crippen molar-refractivity contribution in [1.82, 2.24) is 0 Å². The Hall–Kier alpha value is -1.06. The van der Waals surface area contributed by atoms with Crippen LogP contribution in [0.15, 0.2) is 24.3 Å². The van der Waals surface area contributed by atoms with Gasteiger partial charge in [0.2, 0.25) is 0 Å². The standard InChI is InChI=1S/C11H17NO2/c1-2-14-10-5-3-4-9(8-10)11(13)6-7-12/h3-5,8,11,13H,2,6-7,12H2,1H3. The minimum atomic E-state index is -0.486. The first kappa shape index (κ1) is 11.0. The van der Waals surface area contributed by atoms with Gasteiger partial charge in [-0.25, -0.2) is 0 Å². The molecule has 0 saturated carbocycles. The van der Waals surface area contributed by atoms with Gasteiger partial charge in [0, 0.05) is 0 Å². The maximum Gasteiger partial charge on any atom is 0.119 e. The summed E-state index contributed by atoms with van der Waals surface area (Å²) in [5.41, 5.74) is 6.23. The number of aliphatic hydroxyl groups is 1. The fourth-order valence-electron chi connectivity index (χ4n) is 1.30. The third-order valence-corrected chi connectivity index (χ3v) is 1.99. The molecule has 3 nitrogen and oxygen atoms in total. The van der Waals surface area contributed by atoms with Crippen molar-refractivity contribution in [1.29, 1.82) is 0 Å². The molecule has 1 rings (SSSR count). The lowest BCUT2D eigenvalue weighted by Gasteiger charge is -2.11. The van der Waals surface area contributed by atoms with E-state index in [1.54, 1.807) is 0 Å². The van der Waals surface area contributed by atoms with Crippen molar-refractivity contribution in [3.05, 3.63) is 29.8 Å². The Morgan fingerprint density at radius 3 is 2.93 bits per heavy atom. The van der Waals surface area contributed by atoms with Crippen LogP contribution in [0.2, 0.25) is 0 Å². The molecule has 0 aliphatic carbocycles. The Balaban J connectivity index is 2.71. The molecule has 14 heavy (non-hydrogen) atoms. The lowest BCUT2D eigenvalue weighted by atomic mass is 10.1. The van der Waals surface area contributed by atoms with E-state index >= 15 is 0 Å². The van der Waals surface area contributed by atoms with Gasteiger partial charge in [-0.3, -0.25) is 0 Å². The number of hydrogen-bond donors (Lipinski definition) is 2. The number of ether oxygens (including phenoxy) is 1. The number of hydrogen-bond acceptors (Lipinski definition) is 3. The van der Waals surface area contributed by atoms with Gasteiger partial charge in [0.25, 0.3) is 0 Å². The van der Waals surface area contributed by atoms with Crippen molar-refractivity contribution >= 4 is 0 Å². The van der Waals surface area contributed by atoms with Crippen LogP contribution < -0.4 is 10.5 Å². The molecule has 1 aromatic carbocycles. The molecule has 0 bridgehead atoms. The Morgan fingerprint density at radius 2 is 2.29 bits per heavy atom. The third kappa shape index (κ3) is 3.01. The van der Waals surface area contributed by atoms with E-state index in [0.29, 0.717) is 19.6 Å². The molecule has 1 atom stereocenters. The Labute approximate surface area is 84.5 Å². The van der Waals surface area contributed by atoms with Crippen LogP contribution in [0.1, 0.15) is 25.0 Å². The molecular weight excluding hydrogens is 178 g/mol. The molecule has 78 valence electrons. The van der Waals surface area contributed by atoms with E-state index < -0.39 is 6.10 Å². The summed E-state index contributed by atoms with van der Waals surface area (Å²) in [5.74, 6) is 0.793. The summed E-state index contributed by atoms with van der Waals surface area (Å²) in [4.78, 5) is 0. The largest absolute Gasteiger partial charge is 0.494 e. The average molecular weight is 195 g/mol. The van der Waals surface area contributed by atoms with E-state index in [1.165, 1.54) is 0 Å². The van der Waals surface area contributed by atoms with Crippen LogP contribution in [-0.4, -0.2) is 18.3 Å². The van der Waals surface area contributed by atoms with Gasteiger partial charge < -0.3 is 15.6 Å². The zero-order valence-corrected chi connectivity index (χ0v) is 8.44. The molecule has 0 amide bonds. The highest BCUT2D eigenvalue weighted by atomic mass is 16.5. The Kier molecular flexibility index (Phi) is 4.43. The Bertz CT molecular complexity index is 276. The van der Waals surface area contributed by atoms with Crippen LogP contribution in [0, 0.1) is 0 Å². The average Bonchev–Trinajstić information content (AvgIpc) is 2.19. The number of rotatable bonds is 5. The zero-order chi connectivity index (χ0) is 10.4. The highest BCUT2D eigenvalue weighted by Gasteiger charge is 2.06. The lowest BCUT2D eigenvalue weighted by molar-refractivity contribution is 0.170. The van der Waals surface area contributed by atoms with Crippen molar-refractivity contribution in [2.24, 2.45) is 5.73 Å². The van der Waals surface area contributed by atoms with E-state index in [0.717, 1.165) is 11.3 Å². The number of nitrogens with two attached hydrogens (primary N) is 1. The summed E-state index contributed by atoms with van der Waals surface area (Å²) in [6.45, 7) is 3.06. The third-order valence-electron chi connectivity index (χ3n) is 1.99. The zero-order valence-electron chi connectivity index (χ0n) is 8.44. The van der Waals surface area contributed by atoms with Crippen molar-refractivity contribution in [2.75, 3.05) is 13.2 Å². The molecule has 0 aliphatic heterocycles. The maximum absolute atomic E-state index is 9.68. The number of aliphatic hydroxyl groups excluding tert-OH is 1. The topological polar surface area (TPSA) is 55.5 Å². The lowest BCUT2D eigenvalue weighted by Crippen LogP contribution is -2.06. The second-order valence-electron chi connectivity index (χ2n) is 3.10. The van der Waals surface area contributed by atoms with E-state index in [9.17, 15) is 5.11 Å². The van der Waals surface area contributed by atoms with Crippen molar-refractivity contribution in [2.45, 2.75) is 19.4 Å². The van der Waals surface area contributed by atoms with Crippen molar-refractivity contribution in [3.8, 4) is 5.75 Å². The van der Waals surface area contributed by atoms with Gasteiger partial charge in [0.15, 0.2) is 0 Å². The first-order valence-corrected chi connectivity index (χ1v) is 4.88. The van der Waals surface area contributed by atoms with Crippen LogP contribution >= 0.6 is 0 Å². The SMILES string of the molecule is CCOc1cccc(C(O)CCN)c1. The van der Waals surface area contributed by atoms with E-state index in [-0.39, 0.29) is 0 Å². The van der Waals surface area contributed by atoms with Crippen LogP contribution in [0.25, 0.3) is 0 Å². The normalized spacial score (nSPS) is 12.5. The summed E-state index contributed by atoms with van der Waals surface area (Å²) in [6.07, 6.45) is 0.0932. The molecule has 0 radical (unpaired) electrons. The fourth-order valence-corrected chi connectivity index (χ4v) is 1.30. The number of benzene rings is 1. The first-order valence-electron chi connectivity index (χ1n) is 4.88.